The molecule has 30 heavy (non-hydrogen) atoms. The van der Waals surface area contributed by atoms with Crippen LogP contribution >= 0.6 is 0 Å². The summed E-state index contributed by atoms with van der Waals surface area (Å²) in [5.74, 6) is 0. The predicted octanol–water partition coefficient (Wildman–Crippen LogP) is 7.96. The minimum absolute atomic E-state index is 1.01. The van der Waals surface area contributed by atoms with Crippen molar-refractivity contribution in [1.82, 2.24) is 0 Å². The van der Waals surface area contributed by atoms with E-state index in [4.69, 9.17) is 0 Å². The highest BCUT2D eigenvalue weighted by Gasteiger charge is 2.13. The highest BCUT2D eigenvalue weighted by Crippen LogP contribution is 2.35. The van der Waals surface area contributed by atoms with Crippen molar-refractivity contribution in [2.75, 3.05) is 0 Å². The average molecular weight is 385 g/mol. The van der Waals surface area contributed by atoms with Crippen molar-refractivity contribution < 1.29 is 0 Å². The van der Waals surface area contributed by atoms with Crippen molar-refractivity contribution in [1.29, 1.82) is 0 Å². The van der Waals surface area contributed by atoms with Crippen LogP contribution in [0.5, 0.6) is 0 Å². The van der Waals surface area contributed by atoms with E-state index >= 15 is 0 Å². The molecular weight excluding hydrogens is 360 g/mol. The third-order valence-corrected chi connectivity index (χ3v) is 5.84. The molecule has 0 atom stereocenters. The van der Waals surface area contributed by atoms with Crippen molar-refractivity contribution >= 4 is 10.8 Å². The molecule has 0 aliphatic rings. The van der Waals surface area contributed by atoms with Crippen molar-refractivity contribution in [2.24, 2.45) is 0 Å². The molecule has 0 spiro atoms. The van der Waals surface area contributed by atoms with Crippen LogP contribution in [0.25, 0.3) is 33.0 Å². The minimum Gasteiger partial charge on any atom is -0.0622 e. The van der Waals surface area contributed by atoms with E-state index in [0.29, 0.717) is 0 Å². The van der Waals surface area contributed by atoms with Crippen LogP contribution in [0.4, 0.5) is 0 Å². The zero-order valence-corrected chi connectivity index (χ0v) is 17.0. The Morgan fingerprint density at radius 2 is 0.967 bits per heavy atom. The molecular formula is C30H24. The van der Waals surface area contributed by atoms with Crippen LogP contribution in [-0.2, 0) is 12.8 Å². The molecule has 0 saturated heterocycles. The summed E-state index contributed by atoms with van der Waals surface area (Å²) in [5, 5.41) is 2.68. The zero-order valence-electron chi connectivity index (χ0n) is 17.0. The first-order valence-corrected chi connectivity index (χ1v) is 10.6. The number of benzene rings is 5. The zero-order chi connectivity index (χ0) is 20.2. The van der Waals surface area contributed by atoms with E-state index in [0.717, 1.165) is 12.8 Å². The lowest BCUT2D eigenvalue weighted by Gasteiger charge is -2.16. The Morgan fingerprint density at radius 3 is 1.77 bits per heavy atom. The Hall–Kier alpha value is -3.64. The van der Waals surface area contributed by atoms with Gasteiger partial charge < -0.3 is 0 Å². The summed E-state index contributed by atoms with van der Waals surface area (Å²) in [6.07, 6.45) is 2.04. The van der Waals surface area contributed by atoms with Crippen molar-refractivity contribution in [3.63, 3.8) is 0 Å². The fourth-order valence-electron chi connectivity index (χ4n) is 4.39. The van der Waals surface area contributed by atoms with Gasteiger partial charge in [0, 0.05) is 0 Å². The fourth-order valence-corrected chi connectivity index (χ4v) is 4.39. The highest BCUT2D eigenvalue weighted by atomic mass is 14.2. The molecule has 0 heteroatoms. The largest absolute Gasteiger partial charge is 0.0622 e. The molecule has 0 fully saturated rings. The minimum atomic E-state index is 1.01. The van der Waals surface area contributed by atoms with Gasteiger partial charge in [0.15, 0.2) is 0 Å². The van der Waals surface area contributed by atoms with Crippen LogP contribution < -0.4 is 0 Å². The lowest BCUT2D eigenvalue weighted by atomic mass is 9.88. The van der Waals surface area contributed by atoms with Gasteiger partial charge in [-0.3, -0.25) is 0 Å². The van der Waals surface area contributed by atoms with Crippen LogP contribution in [0.15, 0.2) is 121 Å². The third kappa shape index (κ3) is 3.65. The maximum Gasteiger partial charge on any atom is -0.00732 e. The second kappa shape index (κ2) is 8.39. The summed E-state index contributed by atoms with van der Waals surface area (Å²) < 4.78 is 0. The van der Waals surface area contributed by atoms with E-state index in [2.05, 4.69) is 121 Å². The third-order valence-electron chi connectivity index (χ3n) is 5.84. The summed E-state index contributed by atoms with van der Waals surface area (Å²) >= 11 is 0. The second-order valence-electron chi connectivity index (χ2n) is 7.71. The van der Waals surface area contributed by atoms with E-state index in [9.17, 15) is 0 Å². The van der Waals surface area contributed by atoms with Crippen LogP contribution in [0, 0.1) is 0 Å². The molecule has 0 aromatic heterocycles. The maximum atomic E-state index is 2.29. The van der Waals surface area contributed by atoms with Gasteiger partial charge in [-0.25, -0.2) is 0 Å². The molecule has 0 nitrogen and oxygen atoms in total. The summed E-state index contributed by atoms with van der Waals surface area (Å²) in [6, 6.07) is 43.6. The normalized spacial score (nSPS) is 10.9. The molecule has 5 rings (SSSR count). The van der Waals surface area contributed by atoms with E-state index in [-0.39, 0.29) is 0 Å². The van der Waals surface area contributed by atoms with Crippen molar-refractivity contribution in [2.45, 2.75) is 12.8 Å². The number of hydrogen-bond donors (Lipinski definition) is 0. The van der Waals surface area contributed by atoms with Crippen molar-refractivity contribution in [3.8, 4) is 22.3 Å². The quantitative estimate of drug-likeness (QED) is 0.288. The molecule has 0 unspecified atom stereocenters. The number of rotatable bonds is 5. The Bertz CT molecular complexity index is 1260. The maximum absolute atomic E-state index is 2.29. The fraction of sp³-hybridized carbons (Fsp3) is 0.0667. The average Bonchev–Trinajstić information content (AvgIpc) is 2.83. The van der Waals surface area contributed by atoms with Gasteiger partial charge in [-0.05, 0) is 57.0 Å². The molecule has 0 aliphatic carbocycles. The standard InChI is InChI=1S/C30H24/c1-3-11-24(12-4-1)29-20-10-18-27(30(29)26-14-5-2-6-15-26)22-21-25-17-9-16-23-13-7-8-19-28(23)25/h1-20H,21-22H2. The first kappa shape index (κ1) is 18.4. The summed E-state index contributed by atoms with van der Waals surface area (Å²) in [7, 11) is 0. The molecule has 0 amide bonds. The van der Waals surface area contributed by atoms with E-state index in [1.54, 1.807) is 0 Å². The van der Waals surface area contributed by atoms with Crippen LogP contribution in [-0.4, -0.2) is 0 Å². The molecule has 0 N–H and O–H groups in total. The predicted molar refractivity (Wildman–Crippen MR) is 129 cm³/mol. The Labute approximate surface area is 178 Å². The molecule has 5 aromatic rings. The van der Waals surface area contributed by atoms with E-state index < -0.39 is 0 Å². The van der Waals surface area contributed by atoms with Gasteiger partial charge in [0.1, 0.15) is 0 Å². The molecule has 0 saturated carbocycles. The van der Waals surface area contributed by atoms with Crippen LogP contribution in [0.3, 0.4) is 0 Å². The summed E-state index contributed by atoms with van der Waals surface area (Å²) in [5.41, 5.74) is 8.02. The number of aryl methyl sites for hydroxylation is 2. The Morgan fingerprint density at radius 1 is 0.400 bits per heavy atom. The topological polar surface area (TPSA) is 0 Å². The Balaban J connectivity index is 1.58. The lowest BCUT2D eigenvalue weighted by molar-refractivity contribution is 0.971. The van der Waals surface area contributed by atoms with E-state index in [1.807, 2.05) is 0 Å². The first-order chi connectivity index (χ1) is 14.9. The van der Waals surface area contributed by atoms with Gasteiger partial charge in [0.05, 0.1) is 0 Å². The molecule has 5 aromatic carbocycles. The molecule has 0 aliphatic heterocycles. The first-order valence-electron chi connectivity index (χ1n) is 10.6. The molecule has 0 bridgehead atoms. The molecule has 144 valence electrons. The van der Waals surface area contributed by atoms with Gasteiger partial charge in [0.25, 0.3) is 0 Å². The number of hydrogen-bond acceptors (Lipinski definition) is 0. The second-order valence-corrected chi connectivity index (χ2v) is 7.71. The SMILES string of the molecule is c1ccc(-c2cccc(CCc3cccc4ccccc34)c2-c2ccccc2)cc1. The smallest absolute Gasteiger partial charge is 0.00732 e. The number of fused-ring (bicyclic) bond motifs is 1. The summed E-state index contributed by atoms with van der Waals surface area (Å²) in [6.45, 7) is 0. The van der Waals surface area contributed by atoms with Gasteiger partial charge in [-0.2, -0.15) is 0 Å². The Kier molecular flexibility index (Phi) is 5.14. The van der Waals surface area contributed by atoms with Crippen molar-refractivity contribution in [3.05, 3.63) is 132 Å². The monoisotopic (exact) mass is 384 g/mol. The highest BCUT2D eigenvalue weighted by molar-refractivity contribution is 5.87. The lowest BCUT2D eigenvalue weighted by Crippen LogP contribution is -1.97. The van der Waals surface area contributed by atoms with Gasteiger partial charge in [0.2, 0.25) is 0 Å². The van der Waals surface area contributed by atoms with Gasteiger partial charge >= 0.3 is 0 Å². The van der Waals surface area contributed by atoms with Gasteiger partial charge in [-0.15, -0.1) is 0 Å². The van der Waals surface area contributed by atoms with Crippen LogP contribution in [0.2, 0.25) is 0 Å². The van der Waals surface area contributed by atoms with Gasteiger partial charge in [-0.1, -0.05) is 121 Å². The summed E-state index contributed by atoms with van der Waals surface area (Å²) in [4.78, 5) is 0. The van der Waals surface area contributed by atoms with E-state index in [1.165, 1.54) is 44.2 Å². The molecule has 0 radical (unpaired) electrons. The molecule has 0 heterocycles. The van der Waals surface area contributed by atoms with Crippen LogP contribution in [0.1, 0.15) is 11.1 Å².